The molecule has 0 spiro atoms. The summed E-state index contributed by atoms with van der Waals surface area (Å²) in [6.07, 6.45) is 2.81. The maximum Gasteiger partial charge on any atom is 0.0366 e. The number of anilines is 1. The summed E-state index contributed by atoms with van der Waals surface area (Å²) in [5.74, 6) is 0.912. The molecule has 1 aliphatic carbocycles. The lowest BCUT2D eigenvalue weighted by atomic mass is 10.1. The first-order valence-corrected chi connectivity index (χ1v) is 7.19. The van der Waals surface area contributed by atoms with E-state index in [2.05, 4.69) is 62.3 Å². The van der Waals surface area contributed by atoms with Gasteiger partial charge in [-0.3, -0.25) is 0 Å². The van der Waals surface area contributed by atoms with Gasteiger partial charge in [-0.2, -0.15) is 0 Å². The second-order valence-corrected chi connectivity index (χ2v) is 5.56. The molecule has 1 aromatic rings. The van der Waals surface area contributed by atoms with E-state index in [1.807, 2.05) is 0 Å². The highest BCUT2D eigenvalue weighted by atomic mass is 15.1. The first kappa shape index (κ1) is 13.4. The first-order chi connectivity index (χ1) is 8.63. The highest BCUT2D eigenvalue weighted by molar-refractivity contribution is 5.48. The summed E-state index contributed by atoms with van der Waals surface area (Å²) in [5, 5.41) is 3.45. The van der Waals surface area contributed by atoms with Gasteiger partial charge in [0, 0.05) is 24.8 Å². The summed E-state index contributed by atoms with van der Waals surface area (Å²) < 4.78 is 0. The van der Waals surface area contributed by atoms with Crippen molar-refractivity contribution in [2.45, 2.75) is 45.7 Å². The zero-order valence-electron chi connectivity index (χ0n) is 12.1. The van der Waals surface area contributed by atoms with Crippen molar-refractivity contribution >= 4 is 5.69 Å². The second kappa shape index (κ2) is 5.75. The maximum absolute atomic E-state index is 3.45. The molecule has 0 saturated heterocycles. The van der Waals surface area contributed by atoms with Crippen molar-refractivity contribution in [1.29, 1.82) is 0 Å². The average molecular weight is 246 g/mol. The third-order valence-corrected chi connectivity index (χ3v) is 4.23. The summed E-state index contributed by atoms with van der Waals surface area (Å²) >= 11 is 0. The van der Waals surface area contributed by atoms with Crippen LogP contribution in [0.25, 0.3) is 0 Å². The van der Waals surface area contributed by atoms with E-state index in [1.54, 1.807) is 0 Å². The van der Waals surface area contributed by atoms with Crippen LogP contribution in [0.4, 0.5) is 5.69 Å². The number of nitrogens with one attached hydrogen (secondary N) is 1. The fraction of sp³-hybridized carbons (Fsp3) is 0.625. The van der Waals surface area contributed by atoms with Crippen LogP contribution in [-0.2, 0) is 0 Å². The monoisotopic (exact) mass is 246 g/mol. The SMILES string of the molecule is CCNC(C)c1ccc(N(C)C(C)C2CC2)cc1. The standard InChI is InChI=1S/C16H26N2/c1-5-17-12(2)14-8-10-16(11-9-14)18(4)13(3)15-6-7-15/h8-13,15,17H,5-7H2,1-4H3. The molecule has 1 aromatic carbocycles. The van der Waals surface area contributed by atoms with Crippen LogP contribution >= 0.6 is 0 Å². The van der Waals surface area contributed by atoms with E-state index in [0.717, 1.165) is 12.5 Å². The molecule has 1 aliphatic rings. The predicted molar refractivity (Wildman–Crippen MR) is 79.1 cm³/mol. The van der Waals surface area contributed by atoms with Crippen LogP contribution in [0, 0.1) is 5.92 Å². The Morgan fingerprint density at radius 3 is 2.33 bits per heavy atom. The van der Waals surface area contributed by atoms with Crippen molar-refractivity contribution in [2.75, 3.05) is 18.5 Å². The molecule has 0 heterocycles. The topological polar surface area (TPSA) is 15.3 Å². The van der Waals surface area contributed by atoms with Crippen molar-refractivity contribution in [3.63, 3.8) is 0 Å². The summed E-state index contributed by atoms with van der Waals surface area (Å²) in [6, 6.07) is 10.1. The quantitative estimate of drug-likeness (QED) is 0.825. The minimum absolute atomic E-state index is 0.440. The highest BCUT2D eigenvalue weighted by Crippen LogP contribution is 2.36. The number of hydrogen-bond acceptors (Lipinski definition) is 2. The fourth-order valence-corrected chi connectivity index (χ4v) is 2.55. The fourth-order valence-electron chi connectivity index (χ4n) is 2.55. The van der Waals surface area contributed by atoms with Crippen LogP contribution in [0.15, 0.2) is 24.3 Å². The molecule has 2 heteroatoms. The van der Waals surface area contributed by atoms with E-state index in [9.17, 15) is 0 Å². The van der Waals surface area contributed by atoms with Crippen LogP contribution in [0.3, 0.4) is 0 Å². The van der Waals surface area contributed by atoms with Gasteiger partial charge in [-0.25, -0.2) is 0 Å². The van der Waals surface area contributed by atoms with Crippen LogP contribution in [0.5, 0.6) is 0 Å². The Bertz CT molecular complexity index is 367. The van der Waals surface area contributed by atoms with E-state index >= 15 is 0 Å². The van der Waals surface area contributed by atoms with Gasteiger partial charge >= 0.3 is 0 Å². The Kier molecular flexibility index (Phi) is 4.28. The highest BCUT2D eigenvalue weighted by Gasteiger charge is 2.30. The number of benzene rings is 1. The summed E-state index contributed by atoms with van der Waals surface area (Å²) in [7, 11) is 2.21. The van der Waals surface area contributed by atoms with Crippen molar-refractivity contribution in [3.8, 4) is 0 Å². The van der Waals surface area contributed by atoms with Gasteiger partial charge in [-0.1, -0.05) is 19.1 Å². The van der Waals surface area contributed by atoms with E-state index in [0.29, 0.717) is 12.1 Å². The molecular weight excluding hydrogens is 220 g/mol. The number of hydrogen-bond donors (Lipinski definition) is 1. The Balaban J connectivity index is 2.02. The lowest BCUT2D eigenvalue weighted by Crippen LogP contribution is -2.30. The molecule has 2 nitrogen and oxygen atoms in total. The maximum atomic E-state index is 3.45. The van der Waals surface area contributed by atoms with Gasteiger partial charge in [0.15, 0.2) is 0 Å². The molecule has 1 fully saturated rings. The summed E-state index contributed by atoms with van der Waals surface area (Å²) in [4.78, 5) is 2.42. The molecular formula is C16H26N2. The minimum Gasteiger partial charge on any atom is -0.372 e. The average Bonchev–Trinajstić information content (AvgIpc) is 3.22. The van der Waals surface area contributed by atoms with Crippen molar-refractivity contribution in [3.05, 3.63) is 29.8 Å². The van der Waals surface area contributed by atoms with Gasteiger partial charge in [-0.15, -0.1) is 0 Å². The third-order valence-electron chi connectivity index (χ3n) is 4.23. The predicted octanol–water partition coefficient (Wildman–Crippen LogP) is 3.59. The Labute approximate surface area is 111 Å². The second-order valence-electron chi connectivity index (χ2n) is 5.56. The Hall–Kier alpha value is -1.02. The smallest absolute Gasteiger partial charge is 0.0366 e. The molecule has 0 aliphatic heterocycles. The summed E-state index contributed by atoms with van der Waals surface area (Å²) in [5.41, 5.74) is 2.70. The molecule has 2 atom stereocenters. The lowest BCUT2D eigenvalue weighted by molar-refractivity contribution is 0.596. The van der Waals surface area contributed by atoms with E-state index in [4.69, 9.17) is 0 Å². The van der Waals surface area contributed by atoms with E-state index < -0.39 is 0 Å². The van der Waals surface area contributed by atoms with E-state index in [-0.39, 0.29) is 0 Å². The van der Waals surface area contributed by atoms with Gasteiger partial charge < -0.3 is 10.2 Å². The molecule has 18 heavy (non-hydrogen) atoms. The molecule has 100 valence electrons. The molecule has 0 amide bonds. The van der Waals surface area contributed by atoms with Crippen LogP contribution in [-0.4, -0.2) is 19.6 Å². The lowest BCUT2D eigenvalue weighted by Gasteiger charge is -2.27. The van der Waals surface area contributed by atoms with Gasteiger partial charge in [0.2, 0.25) is 0 Å². The van der Waals surface area contributed by atoms with Crippen LogP contribution in [0.1, 0.15) is 45.2 Å². The normalized spacial score (nSPS) is 18.4. The first-order valence-electron chi connectivity index (χ1n) is 7.19. The number of rotatable bonds is 6. The summed E-state index contributed by atoms with van der Waals surface area (Å²) in [6.45, 7) is 7.72. The molecule has 1 N–H and O–H groups in total. The van der Waals surface area contributed by atoms with Gasteiger partial charge in [0.05, 0.1) is 0 Å². The molecule has 2 unspecified atom stereocenters. The zero-order chi connectivity index (χ0) is 13.1. The van der Waals surface area contributed by atoms with Gasteiger partial charge in [0.25, 0.3) is 0 Å². The van der Waals surface area contributed by atoms with Crippen molar-refractivity contribution in [1.82, 2.24) is 5.32 Å². The van der Waals surface area contributed by atoms with Crippen molar-refractivity contribution < 1.29 is 0 Å². The van der Waals surface area contributed by atoms with Gasteiger partial charge in [0.1, 0.15) is 0 Å². The van der Waals surface area contributed by atoms with E-state index in [1.165, 1.54) is 24.1 Å². The Morgan fingerprint density at radius 1 is 1.22 bits per heavy atom. The molecule has 2 rings (SSSR count). The zero-order valence-corrected chi connectivity index (χ0v) is 12.1. The third kappa shape index (κ3) is 3.05. The van der Waals surface area contributed by atoms with Crippen LogP contribution in [0.2, 0.25) is 0 Å². The minimum atomic E-state index is 0.440. The largest absolute Gasteiger partial charge is 0.372 e. The molecule has 0 bridgehead atoms. The molecule has 0 radical (unpaired) electrons. The van der Waals surface area contributed by atoms with Gasteiger partial charge in [-0.05, 0) is 56.8 Å². The van der Waals surface area contributed by atoms with Crippen molar-refractivity contribution in [2.24, 2.45) is 5.92 Å². The number of nitrogens with zero attached hydrogens (tertiary/aromatic N) is 1. The molecule has 1 saturated carbocycles. The molecule has 0 aromatic heterocycles. The van der Waals surface area contributed by atoms with Crippen LogP contribution < -0.4 is 10.2 Å². The Morgan fingerprint density at radius 2 is 1.83 bits per heavy atom.